The lowest BCUT2D eigenvalue weighted by atomic mass is 10.1. The van der Waals surface area contributed by atoms with Gasteiger partial charge in [-0.3, -0.25) is 14.2 Å². The van der Waals surface area contributed by atoms with Crippen molar-refractivity contribution >= 4 is 33.7 Å². The second-order valence-corrected chi connectivity index (χ2v) is 10.1. The fourth-order valence-electron chi connectivity index (χ4n) is 5.32. The first-order valence-corrected chi connectivity index (χ1v) is 13.6. The summed E-state index contributed by atoms with van der Waals surface area (Å²) < 4.78 is 15.4. The van der Waals surface area contributed by atoms with Crippen molar-refractivity contribution in [2.24, 2.45) is 7.05 Å². The molecule has 0 radical (unpaired) electrons. The van der Waals surface area contributed by atoms with Crippen LogP contribution in [0.15, 0.2) is 109 Å². The normalized spacial score (nSPS) is 11.2. The highest BCUT2D eigenvalue weighted by molar-refractivity contribution is 6.04. The van der Waals surface area contributed by atoms with Gasteiger partial charge in [-0.15, -0.1) is 0 Å². The van der Waals surface area contributed by atoms with Gasteiger partial charge in [-0.05, 0) is 65.9 Å². The molecule has 0 saturated carbocycles. The molecule has 0 amide bonds. The van der Waals surface area contributed by atoms with Crippen LogP contribution in [-0.4, -0.2) is 21.0 Å². The number of aryl methyl sites for hydroxylation is 1. The standard InChI is InChI=1S/C35H30N2O4/c1-24-31(21-34(38)41-22-25-10-4-3-5-11-25)30-13-7-9-15-33(30)37(24)35(39)26-16-18-29(19-17-26)40-23-28-20-27-12-6-8-14-32(27)36(28)2/h3-20H,21-23H2,1-2H3. The average Bonchev–Trinajstić information content (AvgIpc) is 3.48. The van der Waals surface area contributed by atoms with Crippen LogP contribution in [-0.2, 0) is 36.2 Å². The summed E-state index contributed by atoms with van der Waals surface area (Å²) in [6.45, 7) is 2.51. The number of para-hydroxylation sites is 2. The fraction of sp³-hybridized carbons (Fsp3) is 0.143. The smallest absolute Gasteiger partial charge is 0.310 e. The maximum absolute atomic E-state index is 13.7. The molecule has 4 aromatic carbocycles. The molecular formula is C35H30N2O4. The van der Waals surface area contributed by atoms with Crippen molar-refractivity contribution in [2.75, 3.05) is 0 Å². The zero-order valence-electron chi connectivity index (χ0n) is 23.0. The van der Waals surface area contributed by atoms with Crippen LogP contribution in [0, 0.1) is 6.92 Å². The van der Waals surface area contributed by atoms with Gasteiger partial charge in [0, 0.05) is 29.2 Å². The predicted octanol–water partition coefficient (Wildman–Crippen LogP) is 6.99. The highest BCUT2D eigenvalue weighted by Crippen LogP contribution is 2.28. The lowest BCUT2D eigenvalue weighted by Crippen LogP contribution is -2.14. The lowest BCUT2D eigenvalue weighted by molar-refractivity contribution is -0.144. The van der Waals surface area contributed by atoms with Crippen LogP contribution in [0.3, 0.4) is 0 Å². The number of ether oxygens (including phenoxy) is 2. The molecule has 0 atom stereocenters. The molecule has 6 nitrogen and oxygen atoms in total. The van der Waals surface area contributed by atoms with E-state index in [1.165, 1.54) is 5.39 Å². The van der Waals surface area contributed by atoms with Gasteiger partial charge >= 0.3 is 5.97 Å². The second-order valence-electron chi connectivity index (χ2n) is 10.1. The number of carbonyl (C=O) groups excluding carboxylic acids is 2. The van der Waals surface area contributed by atoms with Crippen molar-refractivity contribution in [3.8, 4) is 5.75 Å². The zero-order valence-corrected chi connectivity index (χ0v) is 23.0. The number of benzene rings is 4. The Morgan fingerprint density at radius 1 is 0.756 bits per heavy atom. The van der Waals surface area contributed by atoms with Crippen LogP contribution in [0.25, 0.3) is 21.8 Å². The van der Waals surface area contributed by atoms with Gasteiger partial charge in [-0.2, -0.15) is 0 Å². The molecule has 6 heteroatoms. The first-order chi connectivity index (χ1) is 20.0. The summed E-state index contributed by atoms with van der Waals surface area (Å²) in [4.78, 5) is 26.5. The number of fused-ring (bicyclic) bond motifs is 2. The monoisotopic (exact) mass is 542 g/mol. The highest BCUT2D eigenvalue weighted by atomic mass is 16.5. The van der Waals surface area contributed by atoms with E-state index in [4.69, 9.17) is 9.47 Å². The summed E-state index contributed by atoms with van der Waals surface area (Å²) >= 11 is 0. The number of rotatable bonds is 8. The summed E-state index contributed by atoms with van der Waals surface area (Å²) in [6.07, 6.45) is 0.0837. The van der Waals surface area contributed by atoms with Crippen LogP contribution >= 0.6 is 0 Å². The van der Waals surface area contributed by atoms with Crippen molar-refractivity contribution < 1.29 is 19.1 Å². The van der Waals surface area contributed by atoms with Gasteiger partial charge in [0.15, 0.2) is 0 Å². The Labute approximate surface area is 238 Å². The maximum Gasteiger partial charge on any atom is 0.310 e. The van der Waals surface area contributed by atoms with Crippen LogP contribution in [0.2, 0.25) is 0 Å². The molecule has 6 aromatic rings. The summed E-state index contributed by atoms with van der Waals surface area (Å²) in [5.41, 5.74) is 5.97. The SMILES string of the molecule is Cc1c(CC(=O)OCc2ccccc2)c2ccccc2n1C(=O)c1ccc(OCc2cc3ccccc3n2C)cc1. The minimum Gasteiger partial charge on any atom is -0.487 e. The largest absolute Gasteiger partial charge is 0.487 e. The van der Waals surface area contributed by atoms with Gasteiger partial charge in [0.25, 0.3) is 5.91 Å². The summed E-state index contributed by atoms with van der Waals surface area (Å²) in [7, 11) is 2.03. The van der Waals surface area contributed by atoms with E-state index in [0.29, 0.717) is 17.9 Å². The van der Waals surface area contributed by atoms with E-state index >= 15 is 0 Å². The third kappa shape index (κ3) is 5.24. The minimum absolute atomic E-state index is 0.0837. The fourth-order valence-corrected chi connectivity index (χ4v) is 5.32. The average molecular weight is 543 g/mol. The van der Waals surface area contributed by atoms with Crippen molar-refractivity contribution in [2.45, 2.75) is 26.6 Å². The van der Waals surface area contributed by atoms with E-state index in [9.17, 15) is 9.59 Å². The Balaban J connectivity index is 1.19. The minimum atomic E-state index is -0.333. The van der Waals surface area contributed by atoms with Crippen molar-refractivity contribution in [3.63, 3.8) is 0 Å². The zero-order chi connectivity index (χ0) is 28.3. The first-order valence-electron chi connectivity index (χ1n) is 13.6. The van der Waals surface area contributed by atoms with Gasteiger partial charge in [0.05, 0.1) is 17.6 Å². The molecule has 0 spiro atoms. The van der Waals surface area contributed by atoms with E-state index < -0.39 is 0 Å². The Morgan fingerprint density at radius 2 is 1.44 bits per heavy atom. The first kappa shape index (κ1) is 26.1. The van der Waals surface area contributed by atoms with Crippen LogP contribution in [0.1, 0.15) is 32.9 Å². The van der Waals surface area contributed by atoms with Gasteiger partial charge in [-0.1, -0.05) is 66.7 Å². The van der Waals surface area contributed by atoms with Crippen LogP contribution in [0.4, 0.5) is 0 Å². The summed E-state index contributed by atoms with van der Waals surface area (Å²) in [6, 6.07) is 34.8. The molecule has 0 saturated heterocycles. The molecule has 2 aromatic heterocycles. The number of hydrogen-bond acceptors (Lipinski definition) is 4. The van der Waals surface area contributed by atoms with E-state index in [0.717, 1.165) is 38.9 Å². The lowest BCUT2D eigenvalue weighted by Gasteiger charge is -2.10. The Morgan fingerprint density at radius 3 is 2.20 bits per heavy atom. The molecular weight excluding hydrogens is 512 g/mol. The number of aromatic nitrogens is 2. The Hall–Kier alpha value is -5.10. The summed E-state index contributed by atoms with van der Waals surface area (Å²) in [5.74, 6) is 0.186. The van der Waals surface area contributed by atoms with E-state index in [2.05, 4.69) is 22.8 Å². The molecule has 0 bridgehead atoms. The molecule has 0 N–H and O–H groups in total. The molecule has 6 rings (SSSR count). The maximum atomic E-state index is 13.7. The van der Waals surface area contributed by atoms with Gasteiger partial charge < -0.3 is 14.0 Å². The second kappa shape index (κ2) is 11.2. The molecule has 41 heavy (non-hydrogen) atoms. The quantitative estimate of drug-likeness (QED) is 0.194. The molecule has 0 aliphatic rings. The molecule has 0 aliphatic heterocycles. The van der Waals surface area contributed by atoms with Crippen molar-refractivity contribution in [1.29, 1.82) is 0 Å². The van der Waals surface area contributed by atoms with Gasteiger partial charge in [0.1, 0.15) is 19.0 Å². The van der Waals surface area contributed by atoms with Crippen molar-refractivity contribution in [1.82, 2.24) is 9.13 Å². The molecule has 0 fully saturated rings. The van der Waals surface area contributed by atoms with Crippen molar-refractivity contribution in [3.05, 3.63) is 137 Å². The molecule has 0 aliphatic carbocycles. The Bertz CT molecular complexity index is 1860. The highest BCUT2D eigenvalue weighted by Gasteiger charge is 2.22. The van der Waals surface area contributed by atoms with Gasteiger partial charge in [0.2, 0.25) is 0 Å². The Kier molecular flexibility index (Phi) is 7.13. The number of carbonyl (C=O) groups is 2. The number of nitrogens with zero attached hydrogens (tertiary/aromatic N) is 2. The third-order valence-electron chi connectivity index (χ3n) is 7.55. The van der Waals surface area contributed by atoms with Crippen LogP contribution in [0.5, 0.6) is 5.75 Å². The predicted molar refractivity (Wildman–Crippen MR) is 160 cm³/mol. The van der Waals surface area contributed by atoms with E-state index in [1.807, 2.05) is 92.8 Å². The number of esters is 1. The molecule has 0 unspecified atom stereocenters. The third-order valence-corrected chi connectivity index (χ3v) is 7.55. The van der Waals surface area contributed by atoms with E-state index in [-0.39, 0.29) is 24.9 Å². The molecule has 2 heterocycles. The topological polar surface area (TPSA) is 62.5 Å². The van der Waals surface area contributed by atoms with Gasteiger partial charge in [-0.25, -0.2) is 0 Å². The number of hydrogen-bond donors (Lipinski definition) is 0. The summed E-state index contributed by atoms with van der Waals surface area (Å²) in [5, 5.41) is 2.04. The molecule has 204 valence electrons. The van der Waals surface area contributed by atoms with Crippen LogP contribution < -0.4 is 4.74 Å². The van der Waals surface area contributed by atoms with E-state index in [1.54, 1.807) is 16.7 Å².